The predicted octanol–water partition coefficient (Wildman–Crippen LogP) is 2.55. The number of aromatic nitrogens is 2. The molecule has 17 heavy (non-hydrogen) atoms. The molecular formula is C12H21N3OS. The van der Waals surface area contributed by atoms with Crippen molar-refractivity contribution in [2.75, 3.05) is 5.32 Å². The molecule has 0 spiro atoms. The van der Waals surface area contributed by atoms with Crippen LogP contribution in [0.25, 0.3) is 0 Å². The maximum Gasteiger partial charge on any atom is 0.202 e. The molecule has 0 atom stereocenters. The molecule has 4 nitrogen and oxygen atoms in total. The predicted molar refractivity (Wildman–Crippen MR) is 70.5 cm³/mol. The molecule has 0 amide bonds. The van der Waals surface area contributed by atoms with E-state index >= 15 is 0 Å². The number of aliphatic hydroxyl groups excluding tert-OH is 1. The third-order valence-corrected chi connectivity index (χ3v) is 3.77. The van der Waals surface area contributed by atoms with E-state index in [0.717, 1.165) is 36.6 Å². The van der Waals surface area contributed by atoms with Gasteiger partial charge in [0.05, 0.1) is 6.10 Å². The second kappa shape index (κ2) is 4.90. The molecule has 1 saturated carbocycles. The molecule has 1 aromatic heterocycles. The Morgan fingerprint density at radius 3 is 2.41 bits per heavy atom. The quantitative estimate of drug-likeness (QED) is 0.852. The van der Waals surface area contributed by atoms with Crippen LogP contribution in [-0.2, 0) is 5.41 Å². The summed E-state index contributed by atoms with van der Waals surface area (Å²) in [6.45, 7) is 6.36. The highest BCUT2D eigenvalue weighted by Gasteiger charge is 2.22. The minimum atomic E-state index is -0.104. The van der Waals surface area contributed by atoms with E-state index in [1.807, 2.05) is 0 Å². The van der Waals surface area contributed by atoms with Crippen LogP contribution in [0.15, 0.2) is 0 Å². The average Bonchev–Trinajstić information content (AvgIpc) is 2.69. The van der Waals surface area contributed by atoms with E-state index in [-0.39, 0.29) is 11.5 Å². The molecule has 0 aromatic carbocycles. The Morgan fingerprint density at radius 1 is 1.24 bits per heavy atom. The number of aliphatic hydroxyl groups is 1. The Balaban J connectivity index is 1.93. The largest absolute Gasteiger partial charge is 0.393 e. The zero-order valence-electron chi connectivity index (χ0n) is 10.7. The Labute approximate surface area is 107 Å². The Hall–Kier alpha value is -0.680. The molecule has 1 aliphatic carbocycles. The Bertz CT molecular complexity index is 364. The summed E-state index contributed by atoms with van der Waals surface area (Å²) in [5, 5.41) is 13.8. The van der Waals surface area contributed by atoms with Crippen LogP contribution in [0.4, 0.5) is 5.13 Å². The number of rotatable bonds is 2. The number of hydrogen-bond donors (Lipinski definition) is 2. The van der Waals surface area contributed by atoms with Gasteiger partial charge in [-0.1, -0.05) is 20.8 Å². The minimum absolute atomic E-state index is 0.0131. The van der Waals surface area contributed by atoms with Gasteiger partial charge in [-0.05, 0) is 25.7 Å². The number of hydrogen-bond acceptors (Lipinski definition) is 5. The third-order valence-electron chi connectivity index (χ3n) is 3.12. The van der Waals surface area contributed by atoms with Crippen molar-refractivity contribution in [2.24, 2.45) is 0 Å². The molecule has 0 aliphatic heterocycles. The lowest BCUT2D eigenvalue weighted by Crippen LogP contribution is -2.28. The monoisotopic (exact) mass is 255 g/mol. The molecule has 1 aromatic rings. The van der Waals surface area contributed by atoms with E-state index in [1.165, 1.54) is 11.5 Å². The lowest BCUT2D eigenvalue weighted by Gasteiger charge is -2.25. The van der Waals surface area contributed by atoms with Crippen LogP contribution in [0.5, 0.6) is 0 Å². The topological polar surface area (TPSA) is 58.0 Å². The van der Waals surface area contributed by atoms with Crippen LogP contribution in [-0.4, -0.2) is 26.6 Å². The molecule has 0 bridgehead atoms. The first-order chi connectivity index (χ1) is 7.95. The molecule has 5 heteroatoms. The molecular weight excluding hydrogens is 234 g/mol. The summed E-state index contributed by atoms with van der Waals surface area (Å²) in [4.78, 5) is 4.53. The number of nitrogens with zero attached hydrogens (tertiary/aromatic N) is 2. The van der Waals surface area contributed by atoms with Crippen molar-refractivity contribution < 1.29 is 5.11 Å². The summed E-state index contributed by atoms with van der Waals surface area (Å²) in [5.41, 5.74) is 0.0131. The average molecular weight is 255 g/mol. The Kier molecular flexibility index (Phi) is 3.68. The van der Waals surface area contributed by atoms with Gasteiger partial charge in [-0.2, -0.15) is 4.37 Å². The molecule has 2 rings (SSSR count). The summed E-state index contributed by atoms with van der Waals surface area (Å²) in [6, 6.07) is 0.444. The SMILES string of the molecule is CC(C)(C)c1nsc(NC2CCC(O)CC2)n1. The van der Waals surface area contributed by atoms with Crippen molar-refractivity contribution in [1.29, 1.82) is 0 Å². The minimum Gasteiger partial charge on any atom is -0.393 e. The zero-order valence-corrected chi connectivity index (χ0v) is 11.5. The molecule has 1 heterocycles. The van der Waals surface area contributed by atoms with Gasteiger partial charge in [0.1, 0.15) is 5.82 Å². The molecule has 1 fully saturated rings. The van der Waals surface area contributed by atoms with E-state index in [9.17, 15) is 5.11 Å². The standard InChI is InChI=1S/C12H21N3OS/c1-12(2,3)10-14-11(17-15-10)13-8-4-6-9(16)7-5-8/h8-9,16H,4-7H2,1-3H3,(H,13,14,15). The molecule has 96 valence electrons. The van der Waals surface area contributed by atoms with Gasteiger partial charge in [0.25, 0.3) is 0 Å². The molecule has 1 aliphatic rings. The van der Waals surface area contributed by atoms with Crippen LogP contribution >= 0.6 is 11.5 Å². The van der Waals surface area contributed by atoms with Crippen LogP contribution in [0.1, 0.15) is 52.3 Å². The van der Waals surface area contributed by atoms with E-state index in [1.54, 1.807) is 0 Å². The molecule has 0 saturated heterocycles. The normalized spacial score (nSPS) is 25.9. The maximum absolute atomic E-state index is 9.45. The highest BCUT2D eigenvalue weighted by molar-refractivity contribution is 7.09. The highest BCUT2D eigenvalue weighted by Crippen LogP contribution is 2.26. The van der Waals surface area contributed by atoms with Crippen molar-refractivity contribution in [3.8, 4) is 0 Å². The molecule has 0 radical (unpaired) electrons. The first kappa shape index (κ1) is 12.8. The number of anilines is 1. The fraction of sp³-hybridized carbons (Fsp3) is 0.833. The van der Waals surface area contributed by atoms with Gasteiger partial charge in [0.2, 0.25) is 5.13 Å². The summed E-state index contributed by atoms with van der Waals surface area (Å²) >= 11 is 1.44. The highest BCUT2D eigenvalue weighted by atomic mass is 32.1. The van der Waals surface area contributed by atoms with Crippen molar-refractivity contribution in [2.45, 2.75) is 64.0 Å². The van der Waals surface area contributed by atoms with Crippen molar-refractivity contribution in [3.63, 3.8) is 0 Å². The third kappa shape index (κ3) is 3.39. The summed E-state index contributed by atoms with van der Waals surface area (Å²) in [7, 11) is 0. The van der Waals surface area contributed by atoms with Gasteiger partial charge in [0.15, 0.2) is 0 Å². The van der Waals surface area contributed by atoms with Gasteiger partial charge >= 0.3 is 0 Å². The van der Waals surface area contributed by atoms with Crippen molar-refractivity contribution in [1.82, 2.24) is 9.36 Å². The van der Waals surface area contributed by atoms with Crippen LogP contribution in [0.3, 0.4) is 0 Å². The Morgan fingerprint density at radius 2 is 1.88 bits per heavy atom. The van der Waals surface area contributed by atoms with Gasteiger partial charge < -0.3 is 10.4 Å². The first-order valence-corrected chi connectivity index (χ1v) is 7.01. The van der Waals surface area contributed by atoms with Crippen molar-refractivity contribution in [3.05, 3.63) is 5.82 Å². The van der Waals surface area contributed by atoms with Crippen LogP contribution in [0.2, 0.25) is 0 Å². The molecule has 0 unspecified atom stereocenters. The van der Waals surface area contributed by atoms with E-state index in [4.69, 9.17) is 0 Å². The van der Waals surface area contributed by atoms with Gasteiger partial charge in [-0.15, -0.1) is 0 Å². The smallest absolute Gasteiger partial charge is 0.202 e. The van der Waals surface area contributed by atoms with E-state index < -0.39 is 0 Å². The first-order valence-electron chi connectivity index (χ1n) is 6.24. The van der Waals surface area contributed by atoms with E-state index in [0.29, 0.717) is 6.04 Å². The maximum atomic E-state index is 9.45. The van der Waals surface area contributed by atoms with Gasteiger partial charge in [0, 0.05) is 23.0 Å². The summed E-state index contributed by atoms with van der Waals surface area (Å²) in [5.74, 6) is 0.904. The van der Waals surface area contributed by atoms with Crippen LogP contribution < -0.4 is 5.32 Å². The lowest BCUT2D eigenvalue weighted by atomic mass is 9.93. The molecule has 2 N–H and O–H groups in total. The lowest BCUT2D eigenvalue weighted by molar-refractivity contribution is 0.126. The fourth-order valence-corrected chi connectivity index (χ4v) is 2.82. The van der Waals surface area contributed by atoms with Gasteiger partial charge in [-0.3, -0.25) is 0 Å². The second-order valence-electron chi connectivity index (χ2n) is 5.82. The van der Waals surface area contributed by atoms with E-state index in [2.05, 4.69) is 35.4 Å². The zero-order chi connectivity index (χ0) is 12.5. The second-order valence-corrected chi connectivity index (χ2v) is 6.57. The van der Waals surface area contributed by atoms with Crippen molar-refractivity contribution >= 4 is 16.7 Å². The number of nitrogens with one attached hydrogen (secondary N) is 1. The summed E-state index contributed by atoms with van der Waals surface area (Å²) < 4.78 is 4.39. The van der Waals surface area contributed by atoms with Gasteiger partial charge in [-0.25, -0.2) is 4.98 Å². The van der Waals surface area contributed by atoms with Crippen LogP contribution in [0, 0.1) is 0 Å². The fourth-order valence-electron chi connectivity index (χ4n) is 1.98. The summed E-state index contributed by atoms with van der Waals surface area (Å²) in [6.07, 6.45) is 3.72.